The molecule has 2 aromatic carbocycles. The lowest BCUT2D eigenvalue weighted by Gasteiger charge is -2.07. The van der Waals surface area contributed by atoms with E-state index in [4.69, 9.17) is 5.73 Å². The highest BCUT2D eigenvalue weighted by atomic mass is 15.5. The summed E-state index contributed by atoms with van der Waals surface area (Å²) >= 11 is 0. The van der Waals surface area contributed by atoms with Crippen LogP contribution in [-0.4, -0.2) is 20.2 Å². The first-order valence-electron chi connectivity index (χ1n) is 6.93. The van der Waals surface area contributed by atoms with Crippen molar-refractivity contribution in [2.24, 2.45) is 0 Å². The molecule has 106 valence electrons. The topological polar surface area (TPSA) is 69.6 Å². The van der Waals surface area contributed by atoms with E-state index in [1.807, 2.05) is 37.3 Å². The fourth-order valence-corrected chi connectivity index (χ4v) is 2.23. The van der Waals surface area contributed by atoms with Crippen LogP contribution in [0, 0.1) is 6.92 Å². The molecule has 0 saturated heterocycles. The second-order valence-electron chi connectivity index (χ2n) is 5.01. The van der Waals surface area contributed by atoms with Crippen molar-refractivity contribution in [1.29, 1.82) is 0 Å². The van der Waals surface area contributed by atoms with Crippen LogP contribution >= 0.6 is 0 Å². The Bertz CT molecular complexity index is 776. The second kappa shape index (κ2) is 5.36. The first kappa shape index (κ1) is 13.3. The minimum absolute atomic E-state index is 0.690. The Morgan fingerprint density at radius 2 is 2.00 bits per heavy atom. The number of hydrogen-bond donors (Lipinski definition) is 1. The smallest absolute Gasteiger partial charge is 0.187 e. The number of anilines is 1. The summed E-state index contributed by atoms with van der Waals surface area (Å²) in [5.41, 5.74) is 10.9. The van der Waals surface area contributed by atoms with Crippen molar-refractivity contribution in [1.82, 2.24) is 20.2 Å². The van der Waals surface area contributed by atoms with Crippen LogP contribution in [0.1, 0.15) is 18.1 Å². The van der Waals surface area contributed by atoms with Gasteiger partial charge in [0, 0.05) is 11.3 Å². The molecule has 2 N–H and O–H groups in total. The highest BCUT2D eigenvalue weighted by Gasteiger charge is 2.11. The Labute approximate surface area is 123 Å². The number of nitrogens with two attached hydrogens (primary N) is 1. The lowest BCUT2D eigenvalue weighted by Crippen LogP contribution is -2.01. The lowest BCUT2D eigenvalue weighted by molar-refractivity contribution is 0.790. The van der Waals surface area contributed by atoms with E-state index >= 15 is 0 Å². The van der Waals surface area contributed by atoms with Gasteiger partial charge in [0.15, 0.2) is 5.82 Å². The molecule has 0 bridgehead atoms. The van der Waals surface area contributed by atoms with Crippen molar-refractivity contribution in [2.45, 2.75) is 20.3 Å². The number of nitrogen functional groups attached to an aromatic ring is 1. The standard InChI is InChI=1S/C16H17N5/c1-3-12-5-4-6-14(9-12)21-16(18-19-20-21)13-8-7-11(2)15(17)10-13/h4-10H,3,17H2,1-2H3. The first-order valence-corrected chi connectivity index (χ1v) is 6.93. The Kier molecular flexibility index (Phi) is 3.39. The molecule has 3 aromatic rings. The van der Waals surface area contributed by atoms with Gasteiger partial charge in [-0.05, 0) is 53.1 Å². The van der Waals surface area contributed by atoms with Gasteiger partial charge in [-0.1, -0.05) is 31.2 Å². The number of benzene rings is 2. The molecule has 0 aliphatic carbocycles. The van der Waals surface area contributed by atoms with E-state index in [0.29, 0.717) is 5.82 Å². The zero-order valence-electron chi connectivity index (χ0n) is 12.1. The van der Waals surface area contributed by atoms with Crippen molar-refractivity contribution in [3.05, 3.63) is 53.6 Å². The maximum atomic E-state index is 5.98. The SMILES string of the molecule is CCc1cccc(-n2nnnc2-c2ccc(C)c(N)c2)c1. The fraction of sp³-hybridized carbons (Fsp3) is 0.188. The zero-order valence-corrected chi connectivity index (χ0v) is 12.1. The van der Waals surface area contributed by atoms with Crippen molar-refractivity contribution in [3.63, 3.8) is 0 Å². The van der Waals surface area contributed by atoms with Gasteiger partial charge in [0.1, 0.15) is 0 Å². The molecule has 0 spiro atoms. The molecule has 3 rings (SSSR count). The van der Waals surface area contributed by atoms with Gasteiger partial charge < -0.3 is 5.73 Å². The van der Waals surface area contributed by atoms with Crippen LogP contribution in [0.4, 0.5) is 5.69 Å². The number of nitrogens with zero attached hydrogens (tertiary/aromatic N) is 4. The van der Waals surface area contributed by atoms with Crippen LogP contribution < -0.4 is 5.73 Å². The van der Waals surface area contributed by atoms with Crippen LogP contribution in [0.15, 0.2) is 42.5 Å². The van der Waals surface area contributed by atoms with Gasteiger partial charge in [-0.25, -0.2) is 0 Å². The average molecular weight is 279 g/mol. The van der Waals surface area contributed by atoms with Gasteiger partial charge in [-0.15, -0.1) is 5.10 Å². The predicted octanol–water partition coefficient (Wildman–Crippen LogP) is 2.78. The third-order valence-corrected chi connectivity index (χ3v) is 3.57. The molecule has 5 heteroatoms. The Hall–Kier alpha value is -2.69. The van der Waals surface area contributed by atoms with Gasteiger partial charge in [-0.3, -0.25) is 0 Å². The van der Waals surface area contributed by atoms with E-state index in [1.165, 1.54) is 5.56 Å². The maximum Gasteiger partial charge on any atom is 0.187 e. The fourth-order valence-electron chi connectivity index (χ4n) is 2.23. The number of aromatic nitrogens is 4. The van der Waals surface area contributed by atoms with Crippen molar-refractivity contribution in [2.75, 3.05) is 5.73 Å². The summed E-state index contributed by atoms with van der Waals surface area (Å²) in [5, 5.41) is 12.0. The van der Waals surface area contributed by atoms with Crippen LogP contribution in [0.2, 0.25) is 0 Å². The molecular weight excluding hydrogens is 262 g/mol. The highest BCUT2D eigenvalue weighted by Crippen LogP contribution is 2.23. The van der Waals surface area contributed by atoms with Gasteiger partial charge in [0.25, 0.3) is 0 Å². The maximum absolute atomic E-state index is 5.98. The molecule has 0 fully saturated rings. The predicted molar refractivity (Wildman–Crippen MR) is 83.1 cm³/mol. The molecule has 0 radical (unpaired) electrons. The van der Waals surface area contributed by atoms with Crippen LogP contribution in [0.3, 0.4) is 0 Å². The minimum atomic E-state index is 0.690. The summed E-state index contributed by atoms with van der Waals surface area (Å²) < 4.78 is 1.74. The van der Waals surface area contributed by atoms with E-state index in [9.17, 15) is 0 Å². The molecule has 21 heavy (non-hydrogen) atoms. The molecule has 5 nitrogen and oxygen atoms in total. The minimum Gasteiger partial charge on any atom is -0.398 e. The summed E-state index contributed by atoms with van der Waals surface area (Å²) in [4.78, 5) is 0. The third kappa shape index (κ3) is 2.50. The van der Waals surface area contributed by atoms with Gasteiger partial charge >= 0.3 is 0 Å². The first-order chi connectivity index (χ1) is 10.2. The molecule has 1 heterocycles. The summed E-state index contributed by atoms with van der Waals surface area (Å²) in [7, 11) is 0. The van der Waals surface area contributed by atoms with Crippen LogP contribution in [-0.2, 0) is 6.42 Å². The molecule has 0 aliphatic rings. The van der Waals surface area contributed by atoms with Crippen molar-refractivity contribution >= 4 is 5.69 Å². The van der Waals surface area contributed by atoms with Crippen molar-refractivity contribution in [3.8, 4) is 17.1 Å². The number of hydrogen-bond acceptors (Lipinski definition) is 4. The summed E-state index contributed by atoms with van der Waals surface area (Å²) in [5.74, 6) is 0.690. The van der Waals surface area contributed by atoms with Gasteiger partial charge in [0.2, 0.25) is 0 Å². The van der Waals surface area contributed by atoms with Crippen LogP contribution in [0.25, 0.3) is 17.1 Å². The highest BCUT2D eigenvalue weighted by molar-refractivity contribution is 5.64. The van der Waals surface area contributed by atoms with E-state index in [-0.39, 0.29) is 0 Å². The van der Waals surface area contributed by atoms with E-state index in [1.54, 1.807) is 4.68 Å². The van der Waals surface area contributed by atoms with Gasteiger partial charge in [-0.2, -0.15) is 4.68 Å². The van der Waals surface area contributed by atoms with Crippen LogP contribution in [0.5, 0.6) is 0 Å². The largest absolute Gasteiger partial charge is 0.398 e. The normalized spacial score (nSPS) is 10.8. The Balaban J connectivity index is 2.09. The number of aryl methyl sites for hydroxylation is 2. The monoisotopic (exact) mass is 279 g/mol. The Morgan fingerprint density at radius 1 is 1.14 bits per heavy atom. The molecule has 0 saturated carbocycles. The summed E-state index contributed by atoms with van der Waals surface area (Å²) in [6, 6.07) is 14.1. The van der Waals surface area contributed by atoms with Gasteiger partial charge in [0.05, 0.1) is 5.69 Å². The van der Waals surface area contributed by atoms with Crippen molar-refractivity contribution < 1.29 is 0 Å². The quantitative estimate of drug-likeness (QED) is 0.748. The molecule has 0 aliphatic heterocycles. The molecule has 1 aromatic heterocycles. The number of rotatable bonds is 3. The average Bonchev–Trinajstić information content (AvgIpc) is 2.99. The molecule has 0 unspecified atom stereocenters. The van der Waals surface area contributed by atoms with E-state index in [2.05, 4.69) is 34.6 Å². The second-order valence-corrected chi connectivity index (χ2v) is 5.01. The lowest BCUT2D eigenvalue weighted by atomic mass is 10.1. The molecule has 0 atom stereocenters. The number of tetrazole rings is 1. The molecular formula is C16H17N5. The van der Waals surface area contributed by atoms with E-state index < -0.39 is 0 Å². The summed E-state index contributed by atoms with van der Waals surface area (Å²) in [6.07, 6.45) is 0.975. The summed E-state index contributed by atoms with van der Waals surface area (Å²) in [6.45, 7) is 4.10. The Morgan fingerprint density at radius 3 is 2.76 bits per heavy atom. The zero-order chi connectivity index (χ0) is 14.8. The van der Waals surface area contributed by atoms with E-state index in [0.717, 1.165) is 28.9 Å². The third-order valence-electron chi connectivity index (χ3n) is 3.57. The molecule has 0 amide bonds.